The Bertz CT molecular complexity index is 1300. The molecule has 0 radical (unpaired) electrons. The van der Waals surface area contributed by atoms with Gasteiger partial charge in [-0.25, -0.2) is 4.39 Å². The number of benzene rings is 2. The Balaban J connectivity index is 2.20. The Morgan fingerprint density at radius 2 is 1.76 bits per heavy atom. The molecule has 0 spiro atoms. The van der Waals surface area contributed by atoms with Crippen LogP contribution in [0.25, 0.3) is 22.4 Å². The van der Waals surface area contributed by atoms with Crippen molar-refractivity contribution in [2.45, 2.75) is 32.8 Å². The molecule has 34 heavy (non-hydrogen) atoms. The number of carbonyl (C=O) groups is 1. The third-order valence-corrected chi connectivity index (χ3v) is 6.63. The zero-order valence-corrected chi connectivity index (χ0v) is 19.7. The molecule has 0 aliphatic rings. The van der Waals surface area contributed by atoms with E-state index in [0.29, 0.717) is 28.8 Å². The summed E-state index contributed by atoms with van der Waals surface area (Å²) in [7, 11) is -4.17. The molecule has 0 bridgehead atoms. The molecule has 1 aromatic heterocycles. The number of aliphatic hydroxyl groups excluding tert-OH is 1. The van der Waals surface area contributed by atoms with Gasteiger partial charge in [-0.3, -0.25) is 14.3 Å². The van der Waals surface area contributed by atoms with Gasteiger partial charge in [0, 0.05) is 11.1 Å². The highest BCUT2D eigenvalue weighted by Crippen LogP contribution is 2.41. The van der Waals surface area contributed by atoms with Crippen LogP contribution in [0.2, 0.25) is 0 Å². The molecule has 2 unspecified atom stereocenters. The lowest BCUT2D eigenvalue weighted by atomic mass is 9.91. The number of pyridine rings is 1. The number of carboxylic acid groups (broad SMARTS) is 1. The third-order valence-electron chi connectivity index (χ3n) is 5.25. The highest BCUT2D eigenvalue weighted by molar-refractivity contribution is 7.63. The first-order chi connectivity index (χ1) is 16.1. The summed E-state index contributed by atoms with van der Waals surface area (Å²) in [6.07, 6.45) is -2.33. The van der Waals surface area contributed by atoms with Gasteiger partial charge in [0.1, 0.15) is 5.82 Å². The van der Waals surface area contributed by atoms with Crippen LogP contribution in [0.3, 0.4) is 0 Å². The van der Waals surface area contributed by atoms with Gasteiger partial charge in [-0.15, -0.1) is 0 Å². The van der Waals surface area contributed by atoms with E-state index in [1.807, 2.05) is 44.2 Å². The summed E-state index contributed by atoms with van der Waals surface area (Å²) in [5.41, 5.74) is 7.14. The van der Waals surface area contributed by atoms with Crippen molar-refractivity contribution in [2.75, 3.05) is 6.16 Å². The maximum Gasteiger partial charge on any atom is 0.305 e. The van der Waals surface area contributed by atoms with Crippen molar-refractivity contribution in [1.29, 1.82) is 0 Å². The lowest BCUT2D eigenvalue weighted by Gasteiger charge is -2.17. The minimum Gasteiger partial charge on any atom is -0.481 e. The SMILES string of the molecule is CCc1nc(-c2ccccc2)c(C)c(-c2ccc(F)cc2)c1C#CP(=O)(O)CC(O)CC(=O)O. The lowest BCUT2D eigenvalue weighted by molar-refractivity contribution is -0.138. The number of aryl methyl sites for hydroxylation is 1. The first-order valence-corrected chi connectivity index (χ1v) is 12.6. The van der Waals surface area contributed by atoms with Gasteiger partial charge < -0.3 is 15.1 Å². The van der Waals surface area contributed by atoms with E-state index in [1.165, 1.54) is 12.1 Å². The van der Waals surface area contributed by atoms with Crippen LogP contribution in [0.15, 0.2) is 54.6 Å². The molecule has 3 aromatic rings. The molecule has 0 aliphatic heterocycles. The van der Waals surface area contributed by atoms with Crippen LogP contribution >= 0.6 is 7.37 Å². The van der Waals surface area contributed by atoms with E-state index >= 15 is 0 Å². The number of nitrogens with zero attached hydrogens (tertiary/aromatic N) is 1. The molecule has 2 atom stereocenters. The molecule has 0 fully saturated rings. The zero-order valence-electron chi connectivity index (χ0n) is 18.8. The van der Waals surface area contributed by atoms with Gasteiger partial charge in [-0.1, -0.05) is 55.3 Å². The van der Waals surface area contributed by atoms with E-state index in [2.05, 4.69) is 11.6 Å². The van der Waals surface area contributed by atoms with Crippen LogP contribution in [0.1, 0.15) is 30.2 Å². The smallest absolute Gasteiger partial charge is 0.305 e. The van der Waals surface area contributed by atoms with Crippen molar-refractivity contribution < 1.29 is 28.9 Å². The van der Waals surface area contributed by atoms with Crippen molar-refractivity contribution in [1.82, 2.24) is 4.98 Å². The summed E-state index contributed by atoms with van der Waals surface area (Å²) < 4.78 is 26.2. The lowest BCUT2D eigenvalue weighted by Crippen LogP contribution is -2.17. The number of aromatic nitrogens is 1. The van der Waals surface area contributed by atoms with Crippen LogP contribution in [0.4, 0.5) is 4.39 Å². The number of rotatable bonds is 7. The summed E-state index contributed by atoms with van der Waals surface area (Å²) in [5, 5.41) is 18.6. The van der Waals surface area contributed by atoms with E-state index in [9.17, 15) is 23.7 Å². The maximum absolute atomic E-state index is 13.6. The molecule has 2 aromatic carbocycles. The minimum atomic E-state index is -4.17. The number of hydrogen-bond acceptors (Lipinski definition) is 4. The monoisotopic (exact) mass is 481 g/mol. The summed E-state index contributed by atoms with van der Waals surface area (Å²) in [6, 6.07) is 15.5. The Kier molecular flexibility index (Phi) is 8.01. The molecule has 3 N–H and O–H groups in total. The van der Waals surface area contributed by atoms with Gasteiger partial charge >= 0.3 is 5.97 Å². The van der Waals surface area contributed by atoms with Gasteiger partial charge in [-0.2, -0.15) is 0 Å². The van der Waals surface area contributed by atoms with E-state index in [0.717, 1.165) is 16.8 Å². The molecular weight excluding hydrogens is 456 g/mol. The van der Waals surface area contributed by atoms with Crippen molar-refractivity contribution in [3.63, 3.8) is 0 Å². The molecule has 1 heterocycles. The maximum atomic E-state index is 13.6. The standard InChI is InChI=1S/C26H25FNO5P/c1-3-23-22(13-14-34(32,33)16-21(29)15-24(30)31)25(18-9-11-20(27)12-10-18)17(2)26(28-23)19-7-5-4-6-8-19/h4-12,21,29H,3,15-16H2,1-2H3,(H,30,31)(H,32,33). The van der Waals surface area contributed by atoms with Crippen LogP contribution in [0.5, 0.6) is 0 Å². The van der Waals surface area contributed by atoms with Crippen LogP contribution < -0.4 is 0 Å². The molecule has 8 heteroatoms. The summed E-state index contributed by atoms with van der Waals surface area (Å²) in [6.45, 7) is 3.76. The van der Waals surface area contributed by atoms with Crippen molar-refractivity contribution in [3.8, 4) is 34.0 Å². The molecular formula is C26H25FNO5P. The number of aliphatic hydroxyl groups is 1. The topological polar surface area (TPSA) is 108 Å². The molecule has 0 saturated carbocycles. The second kappa shape index (κ2) is 10.8. The van der Waals surface area contributed by atoms with E-state index < -0.39 is 37.8 Å². The molecule has 0 saturated heterocycles. The fraction of sp³-hybridized carbons (Fsp3) is 0.231. The van der Waals surface area contributed by atoms with E-state index in [1.54, 1.807) is 12.1 Å². The highest BCUT2D eigenvalue weighted by Gasteiger charge is 2.24. The predicted octanol–water partition coefficient (Wildman–Crippen LogP) is 4.84. The molecule has 0 aliphatic carbocycles. The Morgan fingerprint density at radius 1 is 1.12 bits per heavy atom. The van der Waals surface area contributed by atoms with Crippen molar-refractivity contribution in [3.05, 3.63) is 77.2 Å². The molecule has 6 nitrogen and oxygen atoms in total. The Labute approximate surface area is 197 Å². The highest BCUT2D eigenvalue weighted by atomic mass is 31.2. The summed E-state index contributed by atoms with van der Waals surface area (Å²) in [5.74, 6) is 1.12. The number of hydrogen-bond donors (Lipinski definition) is 3. The van der Waals surface area contributed by atoms with E-state index in [4.69, 9.17) is 10.1 Å². The number of carboxylic acids is 1. The average molecular weight is 481 g/mol. The van der Waals surface area contributed by atoms with Gasteiger partial charge in [0.15, 0.2) is 0 Å². The van der Waals surface area contributed by atoms with Crippen molar-refractivity contribution in [2.24, 2.45) is 0 Å². The second-order valence-corrected chi connectivity index (χ2v) is 9.87. The quantitative estimate of drug-likeness (QED) is 0.329. The summed E-state index contributed by atoms with van der Waals surface area (Å²) in [4.78, 5) is 25.8. The fourth-order valence-electron chi connectivity index (χ4n) is 3.71. The number of halogens is 1. The largest absolute Gasteiger partial charge is 0.481 e. The first kappa shape index (κ1) is 25.3. The van der Waals surface area contributed by atoms with Gasteiger partial charge in [0.25, 0.3) is 7.37 Å². The summed E-state index contributed by atoms with van der Waals surface area (Å²) >= 11 is 0. The molecule has 0 amide bonds. The van der Waals surface area contributed by atoms with Gasteiger partial charge in [-0.05, 0) is 42.3 Å². The van der Waals surface area contributed by atoms with E-state index in [-0.39, 0.29) is 0 Å². The van der Waals surface area contributed by atoms with Crippen LogP contribution in [0, 0.1) is 24.3 Å². The number of aliphatic carboxylic acids is 1. The van der Waals surface area contributed by atoms with Crippen LogP contribution in [-0.4, -0.2) is 38.3 Å². The van der Waals surface area contributed by atoms with Crippen LogP contribution in [-0.2, 0) is 15.8 Å². The van der Waals surface area contributed by atoms with Crippen molar-refractivity contribution >= 4 is 13.3 Å². The fourth-order valence-corrected chi connectivity index (χ4v) is 4.79. The molecule has 3 rings (SSSR count). The zero-order chi connectivity index (χ0) is 24.9. The average Bonchev–Trinajstić information content (AvgIpc) is 2.78. The van der Waals surface area contributed by atoms with Gasteiger partial charge in [0.2, 0.25) is 0 Å². The normalized spacial score (nSPS) is 13.4. The second-order valence-electron chi connectivity index (χ2n) is 7.88. The minimum absolute atomic E-state index is 0.394. The predicted molar refractivity (Wildman–Crippen MR) is 129 cm³/mol. The van der Waals surface area contributed by atoms with Gasteiger partial charge in [0.05, 0.1) is 35.6 Å². The third kappa shape index (κ3) is 6.18. The first-order valence-electron chi connectivity index (χ1n) is 10.7. The Hall–Kier alpha value is -3.30. The Morgan fingerprint density at radius 3 is 2.35 bits per heavy atom. The molecule has 176 valence electrons.